The maximum Gasteiger partial charge on any atom is 0.220 e. The highest BCUT2D eigenvalue weighted by Gasteiger charge is 2.38. The summed E-state index contributed by atoms with van der Waals surface area (Å²) in [6, 6.07) is 0. The van der Waals surface area contributed by atoms with Crippen molar-refractivity contribution >= 4 is 5.91 Å². The van der Waals surface area contributed by atoms with Crippen molar-refractivity contribution in [2.24, 2.45) is 0 Å². The van der Waals surface area contributed by atoms with Gasteiger partial charge in [0, 0.05) is 31.9 Å². The van der Waals surface area contributed by atoms with Crippen LogP contribution in [0.4, 0.5) is 0 Å². The maximum atomic E-state index is 13.4. The van der Waals surface area contributed by atoms with Crippen molar-refractivity contribution in [1.82, 2.24) is 51.3 Å². The molecule has 1 amide bonds. The number of nitrogens with zero attached hydrogens (tertiary/aromatic N) is 7. The molecular weight excluding hydrogens is 1150 g/mol. The van der Waals surface area contributed by atoms with Crippen molar-refractivity contribution in [2.45, 2.75) is 139 Å². The summed E-state index contributed by atoms with van der Waals surface area (Å²) in [7, 11) is 0. The quantitative estimate of drug-likeness (QED) is 0.0276. The zero-order valence-corrected chi connectivity index (χ0v) is 49.0. The van der Waals surface area contributed by atoms with Crippen LogP contribution in [0.5, 0.6) is 0 Å². The minimum Gasteiger partial charge on any atom is -0.394 e. The maximum absolute atomic E-state index is 13.4. The largest absolute Gasteiger partial charge is 0.394 e. The van der Waals surface area contributed by atoms with E-state index in [4.69, 9.17) is 71.1 Å². The summed E-state index contributed by atoms with van der Waals surface area (Å²) in [5.41, 5.74) is 6.74. The molecule has 6 rings (SSSR count). The number of rotatable bonds is 47. The highest BCUT2D eigenvalue weighted by molar-refractivity contribution is 5.76. The lowest BCUT2D eigenvalue weighted by Crippen LogP contribution is -2.58. The van der Waals surface area contributed by atoms with Crippen molar-refractivity contribution < 1.29 is 117 Å². The molecule has 11 N–H and O–H groups in total. The number of hydrogen-bond acceptors (Lipinski definition) is 31. The van der Waals surface area contributed by atoms with Gasteiger partial charge >= 0.3 is 0 Å². The van der Waals surface area contributed by atoms with E-state index in [1.165, 1.54) is 0 Å². The molecule has 34 heteroatoms. The summed E-state index contributed by atoms with van der Waals surface area (Å²) in [5.74, 6) is -0.225. The minimum atomic E-state index is -1.18. The molecule has 0 saturated carbocycles. The van der Waals surface area contributed by atoms with Crippen molar-refractivity contribution in [2.75, 3.05) is 152 Å². The molecule has 0 aromatic carbocycles. The average molecular weight is 1240 g/mol. The summed E-state index contributed by atoms with van der Waals surface area (Å²) in [6.07, 6.45) is -3.55. The van der Waals surface area contributed by atoms with Gasteiger partial charge in [0.1, 0.15) is 47.4 Å². The van der Waals surface area contributed by atoms with Crippen LogP contribution in [-0.2, 0) is 102 Å². The number of ether oxygens (including phenoxy) is 15. The van der Waals surface area contributed by atoms with Crippen LogP contribution in [0.2, 0.25) is 0 Å². The van der Waals surface area contributed by atoms with E-state index in [1.54, 1.807) is 26.8 Å². The minimum absolute atomic E-state index is 0.0189. The lowest BCUT2D eigenvalue weighted by molar-refractivity contribution is -0.272. The van der Waals surface area contributed by atoms with Gasteiger partial charge in [-0.1, -0.05) is 17.4 Å². The monoisotopic (exact) mass is 1240 g/mol. The Labute approximate surface area is 498 Å². The highest BCUT2D eigenvalue weighted by Crippen LogP contribution is 2.23. The molecule has 4 aliphatic rings. The van der Waals surface area contributed by atoms with Crippen LogP contribution >= 0.6 is 0 Å². The lowest BCUT2D eigenvalue weighted by atomic mass is 10.0. The Morgan fingerprint density at radius 3 is 1.50 bits per heavy atom. The standard InChI is InChI=1S/C52H92N10O24/c1-2-3-48(71)53-52(34-78-30-37-25-60(57-54-37)4-7-72-10-13-75-16-19-81-49-43(68)22-40(65)33-84-49,35-79-31-38-26-61(58-55-38)5-8-73-11-14-76-17-20-82-50-44(69)23-41(66)46(28-63)85-50)36-80-32-39-27-62(59-56-39)6-9-74-12-15-77-18-21-83-51-45(70)24-42(67)47(29-64)86-51/h25-27,40-47,49-51,55,58,63-70H,2-24,28-36H2,1H3,(H,53,71)/t40-,41-,42-,43?,44?,45?,46-,47-,49-,50-,51-,52?/m1/s1. The molecule has 3 fully saturated rings. The van der Waals surface area contributed by atoms with Gasteiger partial charge in [-0.05, 0) is 6.42 Å². The number of carbonyl (C=O) groups excluding carboxylic acids is 1. The van der Waals surface area contributed by atoms with E-state index in [0.717, 1.165) is 0 Å². The average Bonchev–Trinajstić information content (AvgIpc) is 4.38. The molecular formula is C52H92N10O24. The van der Waals surface area contributed by atoms with E-state index in [2.05, 4.69) is 36.9 Å². The van der Waals surface area contributed by atoms with Crippen LogP contribution in [0.3, 0.4) is 0 Å². The molecule has 0 spiro atoms. The Balaban J connectivity index is 0.913. The molecule has 0 radical (unpaired) electrons. The topological polar surface area (TPSA) is 418 Å². The second-order valence-electron chi connectivity index (χ2n) is 20.7. The molecule has 494 valence electrons. The van der Waals surface area contributed by atoms with Crippen LogP contribution < -0.4 is 16.3 Å². The Morgan fingerprint density at radius 2 is 1.02 bits per heavy atom. The van der Waals surface area contributed by atoms with Gasteiger partial charge in [-0.2, -0.15) is 0 Å². The number of amides is 1. The smallest absolute Gasteiger partial charge is 0.220 e. The second kappa shape index (κ2) is 40.7. The van der Waals surface area contributed by atoms with Crippen LogP contribution in [0, 0.1) is 0 Å². The Bertz CT molecular complexity index is 2140. The van der Waals surface area contributed by atoms with Crippen LogP contribution in [0.15, 0.2) is 24.3 Å². The molecule has 34 nitrogen and oxygen atoms in total. The van der Waals surface area contributed by atoms with Gasteiger partial charge in [0.25, 0.3) is 0 Å². The zero-order chi connectivity index (χ0) is 61.2. The van der Waals surface area contributed by atoms with Gasteiger partial charge in [-0.15, -0.1) is 15.7 Å². The summed E-state index contributed by atoms with van der Waals surface area (Å²) >= 11 is 0. The van der Waals surface area contributed by atoms with Crippen molar-refractivity contribution in [3.8, 4) is 0 Å². The normalized spacial score (nSPS) is 26.0. The first kappa shape index (κ1) is 71.2. The fourth-order valence-electron chi connectivity index (χ4n) is 8.90. The molecule has 2 aromatic rings. The highest BCUT2D eigenvalue weighted by atomic mass is 16.7. The van der Waals surface area contributed by atoms with Gasteiger partial charge in [-0.25, -0.2) is 9.36 Å². The number of aromatic nitrogens is 6. The third kappa shape index (κ3) is 26.7. The fraction of sp³-hybridized carbons (Fsp3) is 0.865. The summed E-state index contributed by atoms with van der Waals surface area (Å²) in [6.45, 7) is 6.72. The van der Waals surface area contributed by atoms with Crippen LogP contribution in [-0.4, -0.2) is 307 Å². The summed E-state index contributed by atoms with van der Waals surface area (Å²) < 4.78 is 88.5. The number of aliphatic hydroxyl groups is 8. The van der Waals surface area contributed by atoms with Crippen LogP contribution in [0.1, 0.15) is 50.4 Å². The van der Waals surface area contributed by atoms with Crippen LogP contribution in [0.25, 0.3) is 0 Å². The predicted octanol–water partition coefficient (Wildman–Crippen LogP) is -5.28. The van der Waals surface area contributed by atoms with E-state index >= 15 is 0 Å². The lowest BCUT2D eigenvalue weighted by Gasteiger charge is -2.36. The molecule has 0 aliphatic carbocycles. The van der Waals surface area contributed by atoms with E-state index in [9.17, 15) is 45.6 Å². The molecule has 3 saturated heterocycles. The first-order chi connectivity index (χ1) is 41.8. The Hall–Kier alpha value is -3.87. The number of hydrazine groups is 2. The molecule has 0 bridgehead atoms. The first-order valence-corrected chi connectivity index (χ1v) is 29.2. The predicted molar refractivity (Wildman–Crippen MR) is 291 cm³/mol. The number of aliphatic hydroxyl groups excluding tert-OH is 8. The molecule has 2 aromatic heterocycles. The van der Waals surface area contributed by atoms with E-state index in [-0.39, 0.29) is 137 Å². The number of carbonyl (C=O) groups is 1. The number of hydrogen-bond donors (Lipinski definition) is 11. The van der Waals surface area contributed by atoms with Crippen molar-refractivity contribution in [3.05, 3.63) is 35.7 Å². The van der Waals surface area contributed by atoms with Gasteiger partial charge < -0.3 is 123 Å². The third-order valence-corrected chi connectivity index (χ3v) is 13.4. The molecule has 4 aliphatic heterocycles. The third-order valence-electron chi connectivity index (χ3n) is 13.4. The zero-order valence-electron chi connectivity index (χ0n) is 49.0. The van der Waals surface area contributed by atoms with Gasteiger partial charge in [0.05, 0.1) is 215 Å². The summed E-state index contributed by atoms with van der Waals surface area (Å²) in [4.78, 5) is 13.4. The number of nitrogens with one attached hydrogen (secondary N) is 3. The van der Waals surface area contributed by atoms with E-state index in [0.29, 0.717) is 96.0 Å². The first-order valence-electron chi connectivity index (χ1n) is 29.2. The molecule has 12 atom stereocenters. The molecule has 86 heavy (non-hydrogen) atoms. The van der Waals surface area contributed by atoms with Gasteiger partial charge in [0.2, 0.25) is 5.91 Å². The Morgan fingerprint density at radius 1 is 0.581 bits per heavy atom. The fourth-order valence-corrected chi connectivity index (χ4v) is 8.90. The Kier molecular flexibility index (Phi) is 33.7. The second-order valence-corrected chi connectivity index (χ2v) is 20.7. The van der Waals surface area contributed by atoms with Crippen molar-refractivity contribution in [3.63, 3.8) is 0 Å². The van der Waals surface area contributed by atoms with Crippen molar-refractivity contribution in [1.29, 1.82) is 0 Å². The molecule has 6 heterocycles. The van der Waals surface area contributed by atoms with Gasteiger partial charge in [0.15, 0.2) is 18.9 Å². The summed E-state index contributed by atoms with van der Waals surface area (Å²) in [5, 5.41) is 100. The SMILES string of the molecule is CCCC(=O)NC(COCC1=CN(CCOCCOCCO[C@@H]2O[C@H](CO)[C@H](O)CC2O)NN1)(COCc1cn(CCOCCOCCO[C@@H]2OC[C@H](O)CC2O)nn1)COCc1cn(CCOCCOCCO[C@@H]2O[C@H](CO)[C@H](O)CC2O)nn1. The van der Waals surface area contributed by atoms with Gasteiger partial charge in [-0.3, -0.25) is 9.80 Å². The molecule has 4 unspecified atom stereocenters. The van der Waals surface area contributed by atoms with E-state index < -0.39 is 73.2 Å². The van der Waals surface area contributed by atoms with E-state index in [1.807, 2.05) is 13.1 Å².